The molecule has 2 aromatic rings. The van der Waals surface area contributed by atoms with Gasteiger partial charge in [-0.2, -0.15) is 13.2 Å². The Hall–Kier alpha value is -8.83. The summed E-state index contributed by atoms with van der Waals surface area (Å²) in [5, 5.41) is 8.42. The Labute approximate surface area is 619 Å². The van der Waals surface area contributed by atoms with E-state index in [-0.39, 0.29) is 63.8 Å². The van der Waals surface area contributed by atoms with Crippen molar-refractivity contribution < 1.29 is 84.2 Å². The van der Waals surface area contributed by atoms with Crippen molar-refractivity contribution in [2.24, 2.45) is 11.8 Å². The quantitative estimate of drug-likeness (QED) is 0.124. The summed E-state index contributed by atoms with van der Waals surface area (Å²) in [7, 11) is 10.9. The fourth-order valence-corrected chi connectivity index (χ4v) is 14.8. The van der Waals surface area contributed by atoms with Crippen LogP contribution in [0.4, 0.5) is 22.0 Å². The van der Waals surface area contributed by atoms with Crippen LogP contribution in [-0.4, -0.2) is 265 Å². The first-order chi connectivity index (χ1) is 50.0. The first kappa shape index (κ1) is 86.1. The average Bonchev–Trinajstić information content (AvgIpc) is 1.55. The maximum absolute atomic E-state index is 15.7. The fraction of sp³-hybridized carbons (Fsp3) is 0.632. The second-order valence-electron chi connectivity index (χ2n) is 29.0. The van der Waals surface area contributed by atoms with Gasteiger partial charge in [0, 0.05) is 88.9 Å². The molecule has 0 bridgehead atoms. The van der Waals surface area contributed by atoms with Crippen molar-refractivity contribution in [1.82, 2.24) is 60.0 Å². The minimum atomic E-state index is -5.42. The Bertz CT molecular complexity index is 3490. The number of rotatable bonds is 18. The third-order valence-corrected chi connectivity index (χ3v) is 21.1. The zero-order chi connectivity index (χ0) is 78.8. The largest absolute Gasteiger partial charge is 0.422 e. The van der Waals surface area contributed by atoms with Crippen LogP contribution in [0.5, 0.6) is 0 Å². The van der Waals surface area contributed by atoms with Gasteiger partial charge in [-0.1, -0.05) is 89.3 Å². The van der Waals surface area contributed by atoms with E-state index in [0.717, 1.165) is 35.0 Å². The number of allylic oxidation sites excluding steroid dienone is 1. The number of amides is 12. The summed E-state index contributed by atoms with van der Waals surface area (Å²) >= 11 is 0. The Kier molecular flexibility index (Phi) is 31.4. The summed E-state index contributed by atoms with van der Waals surface area (Å²) in [6.07, 6.45) is 0.00648. The number of aryl methyl sites for hydroxylation is 2. The van der Waals surface area contributed by atoms with Crippen LogP contribution in [0.15, 0.2) is 61.7 Å². The molecule has 2 aromatic carbocycles. The van der Waals surface area contributed by atoms with Crippen molar-refractivity contribution in [1.29, 1.82) is 0 Å². The highest BCUT2D eigenvalue weighted by molar-refractivity contribution is 6.01. The summed E-state index contributed by atoms with van der Waals surface area (Å²) in [6.45, 7) is 12.3. The average molecular weight is 1490 g/mol. The molecule has 12 amide bonds. The van der Waals surface area contributed by atoms with Gasteiger partial charge in [0.1, 0.15) is 65.0 Å². The lowest BCUT2D eigenvalue weighted by Crippen LogP contribution is -2.65. The van der Waals surface area contributed by atoms with Gasteiger partial charge in [-0.15, -0.1) is 13.2 Å². The highest BCUT2D eigenvalue weighted by atomic mass is 19.4. The van der Waals surface area contributed by atoms with Gasteiger partial charge in [0.05, 0.1) is 32.2 Å². The molecule has 4 fully saturated rings. The summed E-state index contributed by atoms with van der Waals surface area (Å²) in [4.78, 5) is 190. The monoisotopic (exact) mass is 1490 g/mol. The molecule has 106 heavy (non-hydrogen) atoms. The molecule has 6 rings (SSSR count). The van der Waals surface area contributed by atoms with E-state index in [1.54, 1.807) is 45.9 Å². The molecule has 2 aliphatic heterocycles. The smallest absolute Gasteiger partial charge is 0.377 e. The van der Waals surface area contributed by atoms with Crippen LogP contribution in [-0.2, 0) is 87.7 Å². The fourth-order valence-electron chi connectivity index (χ4n) is 14.8. The van der Waals surface area contributed by atoms with E-state index in [4.69, 9.17) is 4.74 Å². The number of nitrogens with one attached hydrogen (secondary N) is 3. The second kappa shape index (κ2) is 38.6. The van der Waals surface area contributed by atoms with Gasteiger partial charge in [0.25, 0.3) is 0 Å². The third kappa shape index (κ3) is 21.5. The van der Waals surface area contributed by atoms with Crippen LogP contribution in [0.3, 0.4) is 0 Å². The number of nitrogens with zero attached hydrogens (tertiary/aromatic N) is 9. The summed E-state index contributed by atoms with van der Waals surface area (Å²) < 4.78 is 78.0. The zero-order valence-corrected chi connectivity index (χ0v) is 63.5. The Morgan fingerprint density at radius 2 is 1.30 bits per heavy atom. The molecule has 2 saturated carbocycles. The van der Waals surface area contributed by atoms with Crippen LogP contribution in [0.2, 0.25) is 0 Å². The van der Waals surface area contributed by atoms with Crippen molar-refractivity contribution in [2.45, 2.75) is 203 Å². The van der Waals surface area contributed by atoms with Crippen LogP contribution < -0.4 is 16.0 Å². The summed E-state index contributed by atoms with van der Waals surface area (Å²) in [5.74, 6) is -14.2. The molecular weight excluding hydrogens is 1380 g/mol. The number of halogens is 5. The first-order valence-electron chi connectivity index (χ1n) is 36.7. The van der Waals surface area contributed by atoms with Gasteiger partial charge in [0.2, 0.25) is 70.9 Å². The van der Waals surface area contributed by atoms with E-state index in [1.807, 2.05) is 12.1 Å². The van der Waals surface area contributed by atoms with E-state index in [0.29, 0.717) is 75.5 Å². The number of hydrogen-bond acceptors (Lipinski definition) is 13. The van der Waals surface area contributed by atoms with Gasteiger partial charge in [-0.25, -0.2) is 8.78 Å². The van der Waals surface area contributed by atoms with Gasteiger partial charge >= 0.3 is 6.18 Å². The standard InChI is InChI=1S/C76H109F5N12O13/c1-15-20-26-48-29-31-49(32-30-48)40-59-71(102)87(10)44-60(94)82-55(34-33-50-38-53(77)64(54(78)39-50)76(79,80)81)69(100)93-43-52(106-19-5)41-57(93)68(99)84-75(35-23-24-36-75)74(105)91(14)66(51-27-21-22-28-51)73(104)90(13)58(70(101)85(7)8)42-61(95)89(12)56(25-16-2)67(98)83-65(47(6)18-4)72(103)88(11)45-62(96)86(9)46-63(97)92(59)37-17-3/h15-16,29-32,38-39,47,51-52,55-59,65-66H,1-2,17-28,33-37,40-46H2,3-14H3,(H,82,94)(H,83,98)(H,84,99)/t47-,52+,55-,56-,57-,58-,59-,65-,66-/m0/s1. The number of benzene rings is 2. The van der Waals surface area contributed by atoms with E-state index in [2.05, 4.69) is 29.1 Å². The highest BCUT2D eigenvalue weighted by Gasteiger charge is 2.52. The predicted molar refractivity (Wildman–Crippen MR) is 385 cm³/mol. The molecule has 0 unspecified atom stereocenters. The van der Waals surface area contributed by atoms with Crippen molar-refractivity contribution in [3.63, 3.8) is 0 Å². The molecule has 1 spiro atoms. The third-order valence-electron chi connectivity index (χ3n) is 21.1. The SMILES string of the molecule is C=CCCc1ccc(C[C@H]2C(=O)N(C)CC(=O)N[C@@H](CCc3cc(F)c(C(F)(F)F)c(F)c3)C(=O)N3C[C@H](OCC)C[C@H]3C(=O)NC3(CCCC3)C(=O)N(C)[C@@H](C3CCCC3)C(=O)N(C)[C@H](C(=O)N(C)C)CC(=O)N(C)[C@@H](CC=C)C(=O)N[C@@H]([C@@H](C)CC)C(=O)N(C)CC(=O)N(C)CC(=O)N2CCC)cc1. The summed E-state index contributed by atoms with van der Waals surface area (Å²) in [5.41, 5.74) is -2.66. The Morgan fingerprint density at radius 1 is 0.698 bits per heavy atom. The molecule has 0 radical (unpaired) electrons. The van der Waals surface area contributed by atoms with Crippen LogP contribution in [0, 0.1) is 23.5 Å². The van der Waals surface area contributed by atoms with E-state index < -0.39 is 199 Å². The molecule has 30 heteroatoms. The number of alkyl halides is 3. The molecule has 586 valence electrons. The van der Waals surface area contributed by atoms with Crippen LogP contribution in [0.1, 0.15) is 146 Å². The van der Waals surface area contributed by atoms with Gasteiger partial charge < -0.3 is 64.8 Å². The number of ether oxygens (including phenoxy) is 1. The predicted octanol–water partition coefficient (Wildman–Crippen LogP) is 5.45. The maximum atomic E-state index is 15.7. The number of hydrogen-bond donors (Lipinski definition) is 3. The number of likely N-dealkylation sites (N-methyl/N-ethyl adjacent to an activating group) is 7. The molecule has 4 aliphatic rings. The zero-order valence-electron chi connectivity index (χ0n) is 63.5. The minimum absolute atomic E-state index is 0.0511. The lowest BCUT2D eigenvalue weighted by Gasteiger charge is -2.42. The summed E-state index contributed by atoms with van der Waals surface area (Å²) in [6, 6.07) is -1.77. The number of fused-ring (bicyclic) bond motifs is 1. The topological polar surface area (TPSA) is 279 Å². The molecular formula is C76H109F5N12O13. The van der Waals surface area contributed by atoms with Gasteiger partial charge in [-0.3, -0.25) is 57.5 Å². The van der Waals surface area contributed by atoms with Gasteiger partial charge in [-0.05, 0) is 112 Å². The Balaban J connectivity index is 1.49. The van der Waals surface area contributed by atoms with E-state index >= 15 is 32.8 Å². The molecule has 2 aliphatic carbocycles. The van der Waals surface area contributed by atoms with Crippen LogP contribution in [0.25, 0.3) is 0 Å². The number of carbonyl (C=O) groups excluding carboxylic acids is 12. The van der Waals surface area contributed by atoms with Crippen molar-refractivity contribution in [3.05, 3.63) is 95.6 Å². The first-order valence-corrected chi connectivity index (χ1v) is 36.7. The van der Waals surface area contributed by atoms with Crippen molar-refractivity contribution in [3.8, 4) is 0 Å². The minimum Gasteiger partial charge on any atom is -0.377 e. The molecule has 25 nitrogen and oxygen atoms in total. The molecule has 9 atom stereocenters. The van der Waals surface area contributed by atoms with Gasteiger partial charge in [0.15, 0.2) is 0 Å². The Morgan fingerprint density at radius 3 is 1.87 bits per heavy atom. The van der Waals surface area contributed by atoms with Crippen molar-refractivity contribution in [2.75, 3.05) is 95.7 Å². The molecule has 2 saturated heterocycles. The molecule has 3 N–H and O–H groups in total. The van der Waals surface area contributed by atoms with Crippen molar-refractivity contribution >= 4 is 70.9 Å². The van der Waals surface area contributed by atoms with E-state index in [1.165, 1.54) is 77.2 Å². The number of carbonyl (C=O) groups is 12. The van der Waals surface area contributed by atoms with E-state index in [9.17, 15) is 46.7 Å². The second-order valence-corrected chi connectivity index (χ2v) is 29.0. The molecule has 0 aromatic heterocycles. The highest BCUT2D eigenvalue weighted by Crippen LogP contribution is 2.38. The molecule has 2 heterocycles. The van der Waals surface area contributed by atoms with Crippen LogP contribution >= 0.6 is 0 Å². The lowest BCUT2D eigenvalue weighted by molar-refractivity contribution is -0.156. The lowest BCUT2D eigenvalue weighted by atomic mass is 9.90. The maximum Gasteiger partial charge on any atom is 0.422 e. The normalized spacial score (nSPS) is 24.6.